The Morgan fingerprint density at radius 2 is 1.96 bits per heavy atom. The van der Waals surface area contributed by atoms with Gasteiger partial charge in [0.2, 0.25) is 0 Å². The Hall–Kier alpha value is -0.580. The van der Waals surface area contributed by atoms with E-state index < -0.39 is 43.5 Å². The molecule has 2 unspecified atom stereocenters. The second-order valence-electron chi connectivity index (χ2n) is 8.85. The van der Waals surface area contributed by atoms with Gasteiger partial charge in [-0.05, 0) is 50.5 Å². The van der Waals surface area contributed by atoms with Crippen molar-refractivity contribution in [2.75, 3.05) is 13.2 Å². The van der Waals surface area contributed by atoms with Crippen molar-refractivity contribution in [2.45, 2.75) is 72.1 Å². The predicted molar refractivity (Wildman–Crippen MR) is 111 cm³/mol. The van der Waals surface area contributed by atoms with Crippen LogP contribution in [0.1, 0.15) is 48.0 Å². The van der Waals surface area contributed by atoms with Gasteiger partial charge < -0.3 is 34.8 Å². The molecule has 0 aromatic carbocycles. The topological polar surface area (TPSA) is 127 Å². The van der Waals surface area contributed by atoms with Gasteiger partial charge in [-0.15, -0.1) is 0 Å². The average Bonchev–Trinajstić information content (AvgIpc) is 2.47. The maximum Gasteiger partial charge on any atom is 0.325 e. The summed E-state index contributed by atoms with van der Waals surface area (Å²) in [5.41, 5.74) is 4.84. The molecule has 4 atom stereocenters. The number of hydrogen-bond donors (Lipinski definition) is 4. The molecule has 0 bridgehead atoms. The summed E-state index contributed by atoms with van der Waals surface area (Å²) in [5.74, 6) is 0. The first kappa shape index (κ1) is 25.5. The molecule has 1 aliphatic heterocycles. The molecule has 164 valence electrons. The third-order valence-corrected chi connectivity index (χ3v) is 5.24. The van der Waals surface area contributed by atoms with E-state index in [1.807, 2.05) is 20.8 Å². The number of urea groups is 1. The van der Waals surface area contributed by atoms with Gasteiger partial charge in [-0.2, -0.15) is 0 Å². The molecule has 5 N–H and O–H groups in total. The van der Waals surface area contributed by atoms with E-state index >= 15 is 0 Å². The van der Waals surface area contributed by atoms with Crippen molar-refractivity contribution in [3.8, 4) is 0 Å². The summed E-state index contributed by atoms with van der Waals surface area (Å²) < 4.78 is 16.9. The van der Waals surface area contributed by atoms with Crippen LogP contribution in [0.15, 0.2) is 12.3 Å². The van der Waals surface area contributed by atoms with E-state index in [1.54, 1.807) is 26.8 Å². The van der Waals surface area contributed by atoms with Crippen LogP contribution in [0, 0.1) is 5.41 Å². The number of ether oxygens (including phenoxy) is 1. The quantitative estimate of drug-likeness (QED) is 0.402. The summed E-state index contributed by atoms with van der Waals surface area (Å²) in [6.07, 6.45) is 1.50. The van der Waals surface area contributed by atoms with Crippen LogP contribution < -0.4 is 11.1 Å². The summed E-state index contributed by atoms with van der Waals surface area (Å²) in [7, 11) is 0. The lowest BCUT2D eigenvalue weighted by Crippen LogP contribution is -2.54. The van der Waals surface area contributed by atoms with Gasteiger partial charge in [0.25, 0.3) is 0 Å². The SMILES string of the molecule is CC(C)(C)C[C@H](COP(O)(=S)OC(C)(C)C)O[C@H](CO)N1C=CC(N)NC1=O. The molecule has 0 aromatic rings. The molecule has 1 rings (SSSR count). The predicted octanol–water partition coefficient (Wildman–Crippen LogP) is 2.00. The zero-order valence-electron chi connectivity index (χ0n) is 17.4. The van der Waals surface area contributed by atoms with Crippen LogP contribution in [-0.2, 0) is 25.6 Å². The van der Waals surface area contributed by atoms with E-state index in [9.17, 15) is 14.8 Å². The van der Waals surface area contributed by atoms with Gasteiger partial charge in [-0.25, -0.2) is 4.79 Å². The number of nitrogens with one attached hydrogen (secondary N) is 1. The highest BCUT2D eigenvalue weighted by molar-refractivity contribution is 8.07. The van der Waals surface area contributed by atoms with Crippen LogP contribution in [0.4, 0.5) is 4.79 Å². The lowest BCUT2D eigenvalue weighted by atomic mass is 9.89. The van der Waals surface area contributed by atoms with E-state index in [0.29, 0.717) is 6.42 Å². The zero-order valence-corrected chi connectivity index (χ0v) is 19.1. The maximum absolute atomic E-state index is 12.1. The summed E-state index contributed by atoms with van der Waals surface area (Å²) >= 11 is 5.07. The van der Waals surface area contributed by atoms with Crippen molar-refractivity contribution in [1.29, 1.82) is 0 Å². The minimum Gasteiger partial charge on any atom is -0.392 e. The molecular formula is C17H34N3O6PS. The van der Waals surface area contributed by atoms with Crippen LogP contribution in [0.3, 0.4) is 0 Å². The molecule has 2 amide bonds. The molecule has 0 aromatic heterocycles. The number of amides is 2. The molecule has 11 heteroatoms. The molecule has 0 spiro atoms. The van der Waals surface area contributed by atoms with E-state index in [-0.39, 0.29) is 12.0 Å². The highest BCUT2D eigenvalue weighted by Crippen LogP contribution is 2.48. The fourth-order valence-corrected chi connectivity index (χ4v) is 4.50. The molecule has 1 aliphatic rings. The van der Waals surface area contributed by atoms with E-state index in [1.165, 1.54) is 11.1 Å². The van der Waals surface area contributed by atoms with Gasteiger partial charge in [0.15, 0.2) is 6.23 Å². The van der Waals surface area contributed by atoms with Crippen molar-refractivity contribution >= 4 is 24.6 Å². The number of rotatable bonds is 9. The fourth-order valence-electron chi connectivity index (χ4n) is 2.54. The minimum atomic E-state index is -3.47. The van der Waals surface area contributed by atoms with Crippen molar-refractivity contribution in [1.82, 2.24) is 10.2 Å². The lowest BCUT2D eigenvalue weighted by molar-refractivity contribution is -0.115. The summed E-state index contributed by atoms with van der Waals surface area (Å²) in [4.78, 5) is 23.6. The molecular weight excluding hydrogens is 405 g/mol. The fraction of sp³-hybridized carbons (Fsp3) is 0.824. The van der Waals surface area contributed by atoms with E-state index in [4.69, 9.17) is 31.3 Å². The Morgan fingerprint density at radius 3 is 2.43 bits per heavy atom. The molecule has 0 saturated heterocycles. The normalized spacial score (nSPS) is 22.5. The average molecular weight is 440 g/mol. The van der Waals surface area contributed by atoms with Crippen LogP contribution in [0.25, 0.3) is 0 Å². The standard InChI is InChI=1S/C17H34N3O6PS/c1-16(2,3)9-12(11-24-27(23,28)26-17(4,5)6)25-14(10-21)20-8-7-13(18)19-15(20)22/h7-8,12-14,21H,9-11,18H2,1-6H3,(H,19,22)(H,23,28)/t12-,13?,14-,27?/m1/s1. The second kappa shape index (κ2) is 9.95. The maximum atomic E-state index is 12.1. The van der Waals surface area contributed by atoms with Gasteiger partial charge >= 0.3 is 12.7 Å². The van der Waals surface area contributed by atoms with Crippen LogP contribution in [0.5, 0.6) is 0 Å². The molecule has 0 fully saturated rings. The Morgan fingerprint density at radius 1 is 1.36 bits per heavy atom. The molecule has 28 heavy (non-hydrogen) atoms. The number of aliphatic hydroxyl groups is 1. The van der Waals surface area contributed by atoms with Gasteiger partial charge in [0.1, 0.15) is 0 Å². The van der Waals surface area contributed by atoms with Crippen molar-refractivity contribution in [2.24, 2.45) is 11.1 Å². The molecule has 0 aliphatic carbocycles. The Kier molecular flexibility index (Phi) is 9.05. The van der Waals surface area contributed by atoms with Gasteiger partial charge in [-0.3, -0.25) is 4.90 Å². The van der Waals surface area contributed by atoms with Crippen LogP contribution in [-0.4, -0.2) is 58.2 Å². The number of carbonyl (C=O) groups is 1. The first-order chi connectivity index (χ1) is 12.6. The summed E-state index contributed by atoms with van der Waals surface area (Å²) in [5, 5.41) is 12.3. The monoisotopic (exact) mass is 439 g/mol. The third-order valence-electron chi connectivity index (χ3n) is 3.45. The second-order valence-corrected chi connectivity index (χ2v) is 11.6. The van der Waals surface area contributed by atoms with E-state index in [2.05, 4.69) is 5.32 Å². The first-order valence-corrected chi connectivity index (χ1v) is 11.7. The van der Waals surface area contributed by atoms with Crippen LogP contribution >= 0.6 is 6.72 Å². The van der Waals surface area contributed by atoms with Crippen molar-refractivity contribution in [3.05, 3.63) is 12.3 Å². The lowest BCUT2D eigenvalue weighted by Gasteiger charge is -2.36. The smallest absolute Gasteiger partial charge is 0.325 e. The van der Waals surface area contributed by atoms with E-state index in [0.717, 1.165) is 0 Å². The summed E-state index contributed by atoms with van der Waals surface area (Å²) in [6.45, 7) is 7.41. The van der Waals surface area contributed by atoms with Crippen molar-refractivity contribution < 1.29 is 28.6 Å². The Labute approximate surface area is 172 Å². The third kappa shape index (κ3) is 9.76. The highest BCUT2D eigenvalue weighted by atomic mass is 32.5. The number of carbonyl (C=O) groups excluding carboxylic acids is 1. The number of nitrogens with zero attached hydrogens (tertiary/aromatic N) is 1. The number of aliphatic hydroxyl groups excluding tert-OH is 1. The highest BCUT2D eigenvalue weighted by Gasteiger charge is 2.32. The molecule has 0 radical (unpaired) electrons. The number of hydrogen-bond acceptors (Lipinski definition) is 7. The van der Waals surface area contributed by atoms with Gasteiger partial charge in [0.05, 0.1) is 31.1 Å². The largest absolute Gasteiger partial charge is 0.392 e. The molecule has 1 heterocycles. The Balaban J connectivity index is 2.87. The first-order valence-electron chi connectivity index (χ1n) is 9.09. The number of nitrogens with two attached hydrogens (primary N) is 1. The Bertz CT molecular complexity index is 605. The van der Waals surface area contributed by atoms with Gasteiger partial charge in [0, 0.05) is 6.20 Å². The van der Waals surface area contributed by atoms with Crippen molar-refractivity contribution in [3.63, 3.8) is 0 Å². The van der Waals surface area contributed by atoms with Gasteiger partial charge in [-0.1, -0.05) is 20.8 Å². The zero-order chi connectivity index (χ0) is 21.8. The van der Waals surface area contributed by atoms with Crippen LogP contribution in [0.2, 0.25) is 0 Å². The molecule has 0 saturated carbocycles. The summed E-state index contributed by atoms with van der Waals surface area (Å²) in [6, 6.07) is -0.479. The molecule has 9 nitrogen and oxygen atoms in total. The minimum absolute atomic E-state index is 0.0453.